The molecule has 0 aromatic heterocycles. The molecule has 2 fully saturated rings. The van der Waals surface area contributed by atoms with Gasteiger partial charge < -0.3 is 15.0 Å². The summed E-state index contributed by atoms with van der Waals surface area (Å²) in [6.45, 7) is 6.83. The van der Waals surface area contributed by atoms with E-state index in [1.54, 1.807) is 0 Å². The standard InChI is InChI=1S/C15H27N3O3/c1-2-16-14(19)6-8-17-7-4-3-5-13(17)15(20)18-9-11-21-12-10-18/h13H,2-12H2,1H3,(H,16,19)/t13-/m0/s1. The van der Waals surface area contributed by atoms with E-state index in [0.717, 1.165) is 25.8 Å². The molecule has 1 N–H and O–H groups in total. The first-order valence-corrected chi connectivity index (χ1v) is 8.09. The number of nitrogens with zero attached hydrogens (tertiary/aromatic N) is 2. The molecule has 0 aromatic carbocycles. The van der Waals surface area contributed by atoms with Gasteiger partial charge in [0.15, 0.2) is 0 Å². The minimum absolute atomic E-state index is 0.0497. The number of carbonyl (C=O) groups is 2. The number of rotatable bonds is 5. The molecule has 0 aromatic rings. The fourth-order valence-corrected chi connectivity index (χ4v) is 3.06. The van der Waals surface area contributed by atoms with E-state index in [0.29, 0.717) is 45.8 Å². The zero-order chi connectivity index (χ0) is 15.1. The highest BCUT2D eigenvalue weighted by molar-refractivity contribution is 5.82. The smallest absolute Gasteiger partial charge is 0.240 e. The van der Waals surface area contributed by atoms with Gasteiger partial charge in [-0.05, 0) is 26.3 Å². The van der Waals surface area contributed by atoms with E-state index in [-0.39, 0.29) is 17.9 Å². The molecule has 6 nitrogen and oxygen atoms in total. The summed E-state index contributed by atoms with van der Waals surface area (Å²) < 4.78 is 5.31. The topological polar surface area (TPSA) is 61.9 Å². The van der Waals surface area contributed by atoms with Crippen molar-refractivity contribution in [1.29, 1.82) is 0 Å². The third kappa shape index (κ3) is 4.68. The molecule has 0 saturated carbocycles. The monoisotopic (exact) mass is 297 g/mol. The molecule has 2 aliphatic heterocycles. The molecule has 2 aliphatic rings. The lowest BCUT2D eigenvalue weighted by atomic mass is 10.0. The molecule has 120 valence electrons. The van der Waals surface area contributed by atoms with Crippen LogP contribution in [0.2, 0.25) is 0 Å². The predicted octanol–water partition coefficient (Wildman–Crippen LogP) is 0.226. The molecule has 21 heavy (non-hydrogen) atoms. The van der Waals surface area contributed by atoms with Crippen LogP contribution in [0.5, 0.6) is 0 Å². The van der Waals surface area contributed by atoms with Gasteiger partial charge in [-0.1, -0.05) is 6.42 Å². The van der Waals surface area contributed by atoms with Gasteiger partial charge in [0.25, 0.3) is 0 Å². The molecule has 0 radical (unpaired) electrons. The Labute approximate surface area is 126 Å². The fourth-order valence-electron chi connectivity index (χ4n) is 3.06. The van der Waals surface area contributed by atoms with Crippen molar-refractivity contribution >= 4 is 11.8 Å². The minimum Gasteiger partial charge on any atom is -0.378 e. The van der Waals surface area contributed by atoms with Crippen LogP contribution in [0.3, 0.4) is 0 Å². The Hall–Kier alpha value is -1.14. The zero-order valence-corrected chi connectivity index (χ0v) is 13.0. The van der Waals surface area contributed by atoms with Gasteiger partial charge in [-0.25, -0.2) is 0 Å². The highest BCUT2D eigenvalue weighted by Crippen LogP contribution is 2.19. The Morgan fingerprint density at radius 3 is 2.67 bits per heavy atom. The summed E-state index contributed by atoms with van der Waals surface area (Å²) in [7, 11) is 0. The highest BCUT2D eigenvalue weighted by atomic mass is 16.5. The molecule has 6 heteroatoms. The Balaban J connectivity index is 1.88. The molecule has 2 amide bonds. The van der Waals surface area contributed by atoms with Gasteiger partial charge in [-0.2, -0.15) is 0 Å². The van der Waals surface area contributed by atoms with Gasteiger partial charge >= 0.3 is 0 Å². The van der Waals surface area contributed by atoms with Gasteiger partial charge in [0, 0.05) is 32.6 Å². The van der Waals surface area contributed by atoms with E-state index in [9.17, 15) is 9.59 Å². The van der Waals surface area contributed by atoms with Crippen LogP contribution in [0.4, 0.5) is 0 Å². The van der Waals surface area contributed by atoms with Crippen LogP contribution in [-0.4, -0.2) is 73.6 Å². The number of morpholine rings is 1. The Morgan fingerprint density at radius 1 is 1.19 bits per heavy atom. The van der Waals surface area contributed by atoms with Gasteiger partial charge in [-0.15, -0.1) is 0 Å². The van der Waals surface area contributed by atoms with Crippen LogP contribution >= 0.6 is 0 Å². The third-order valence-corrected chi connectivity index (χ3v) is 4.22. The number of amides is 2. The van der Waals surface area contributed by atoms with Gasteiger partial charge in [0.1, 0.15) is 0 Å². The van der Waals surface area contributed by atoms with Gasteiger partial charge in [-0.3, -0.25) is 14.5 Å². The Kier molecular flexibility index (Phi) is 6.45. The lowest BCUT2D eigenvalue weighted by Crippen LogP contribution is -2.53. The molecule has 0 bridgehead atoms. The number of ether oxygens (including phenoxy) is 1. The van der Waals surface area contributed by atoms with Crippen molar-refractivity contribution in [3.8, 4) is 0 Å². The number of nitrogens with one attached hydrogen (secondary N) is 1. The van der Waals surface area contributed by atoms with E-state index in [1.807, 2.05) is 11.8 Å². The summed E-state index contributed by atoms with van der Waals surface area (Å²) in [5, 5.41) is 2.82. The number of likely N-dealkylation sites (tertiary alicyclic amines) is 1. The number of piperidine rings is 1. The lowest BCUT2D eigenvalue weighted by molar-refractivity contribution is -0.142. The molecule has 2 rings (SSSR count). The zero-order valence-electron chi connectivity index (χ0n) is 13.0. The lowest BCUT2D eigenvalue weighted by Gasteiger charge is -2.38. The Morgan fingerprint density at radius 2 is 1.95 bits per heavy atom. The summed E-state index contributed by atoms with van der Waals surface area (Å²) in [6.07, 6.45) is 3.59. The van der Waals surface area contributed by atoms with Crippen molar-refractivity contribution in [3.05, 3.63) is 0 Å². The van der Waals surface area contributed by atoms with Gasteiger partial charge in [0.05, 0.1) is 19.3 Å². The van der Waals surface area contributed by atoms with E-state index < -0.39 is 0 Å². The second-order valence-corrected chi connectivity index (χ2v) is 5.69. The van der Waals surface area contributed by atoms with Crippen LogP contribution < -0.4 is 5.32 Å². The predicted molar refractivity (Wildman–Crippen MR) is 79.9 cm³/mol. The first-order chi connectivity index (χ1) is 10.2. The molecule has 2 saturated heterocycles. The molecular weight excluding hydrogens is 270 g/mol. The SMILES string of the molecule is CCNC(=O)CCN1CCCC[C@H]1C(=O)N1CCOCC1. The molecule has 0 spiro atoms. The van der Waals surface area contributed by atoms with Gasteiger partial charge in [0.2, 0.25) is 11.8 Å². The van der Waals surface area contributed by atoms with Crippen molar-refractivity contribution in [1.82, 2.24) is 15.1 Å². The van der Waals surface area contributed by atoms with Crippen molar-refractivity contribution < 1.29 is 14.3 Å². The first kappa shape index (κ1) is 16.2. The quantitative estimate of drug-likeness (QED) is 0.789. The van der Waals surface area contributed by atoms with E-state index in [2.05, 4.69) is 10.2 Å². The van der Waals surface area contributed by atoms with Crippen molar-refractivity contribution in [2.75, 3.05) is 45.9 Å². The molecule has 0 unspecified atom stereocenters. The third-order valence-electron chi connectivity index (χ3n) is 4.22. The maximum atomic E-state index is 12.7. The molecular formula is C15H27N3O3. The number of hydrogen-bond donors (Lipinski definition) is 1. The maximum Gasteiger partial charge on any atom is 0.240 e. The largest absolute Gasteiger partial charge is 0.378 e. The minimum atomic E-state index is -0.0497. The van der Waals surface area contributed by atoms with E-state index >= 15 is 0 Å². The normalized spacial score (nSPS) is 23.9. The summed E-state index contributed by atoms with van der Waals surface area (Å²) in [5.41, 5.74) is 0. The first-order valence-electron chi connectivity index (χ1n) is 8.09. The second kappa shape index (κ2) is 8.34. The summed E-state index contributed by atoms with van der Waals surface area (Å²) in [6, 6.07) is -0.0497. The highest BCUT2D eigenvalue weighted by Gasteiger charge is 2.32. The van der Waals surface area contributed by atoms with Crippen LogP contribution in [0.25, 0.3) is 0 Å². The average Bonchev–Trinajstić information content (AvgIpc) is 2.54. The van der Waals surface area contributed by atoms with E-state index in [1.165, 1.54) is 0 Å². The van der Waals surface area contributed by atoms with Crippen LogP contribution in [0.1, 0.15) is 32.6 Å². The summed E-state index contributed by atoms with van der Waals surface area (Å²) >= 11 is 0. The summed E-state index contributed by atoms with van der Waals surface area (Å²) in [4.78, 5) is 28.4. The van der Waals surface area contributed by atoms with Crippen molar-refractivity contribution in [3.63, 3.8) is 0 Å². The average molecular weight is 297 g/mol. The van der Waals surface area contributed by atoms with Crippen LogP contribution in [0, 0.1) is 0 Å². The number of hydrogen-bond acceptors (Lipinski definition) is 4. The fraction of sp³-hybridized carbons (Fsp3) is 0.867. The Bertz CT molecular complexity index is 356. The number of carbonyl (C=O) groups excluding carboxylic acids is 2. The van der Waals surface area contributed by atoms with Crippen molar-refractivity contribution in [2.24, 2.45) is 0 Å². The maximum absolute atomic E-state index is 12.7. The molecule has 0 aliphatic carbocycles. The van der Waals surface area contributed by atoms with Crippen LogP contribution in [-0.2, 0) is 14.3 Å². The van der Waals surface area contributed by atoms with Crippen molar-refractivity contribution in [2.45, 2.75) is 38.6 Å². The van der Waals surface area contributed by atoms with E-state index in [4.69, 9.17) is 4.74 Å². The molecule has 2 heterocycles. The second-order valence-electron chi connectivity index (χ2n) is 5.69. The molecule has 1 atom stereocenters. The van der Waals surface area contributed by atoms with Crippen LogP contribution in [0.15, 0.2) is 0 Å². The summed E-state index contributed by atoms with van der Waals surface area (Å²) in [5.74, 6) is 0.287.